The molecule has 0 aromatic heterocycles. The summed E-state index contributed by atoms with van der Waals surface area (Å²) in [5.41, 5.74) is -0.0895. The van der Waals surface area contributed by atoms with Crippen LogP contribution in [-0.4, -0.2) is 11.9 Å². The molecule has 1 heterocycles. The molecule has 0 saturated heterocycles. The Morgan fingerprint density at radius 3 is 2.56 bits per heavy atom. The first kappa shape index (κ1) is 12.6. The predicted octanol–water partition coefficient (Wildman–Crippen LogP) is 3.07. The number of esters is 1. The second-order valence-electron chi connectivity index (χ2n) is 4.71. The second kappa shape index (κ2) is 4.77. The van der Waals surface area contributed by atoms with Gasteiger partial charge in [-0.15, -0.1) is 6.58 Å². The maximum atomic E-state index is 12.2. The minimum absolute atomic E-state index is 0.101. The topological polar surface area (TPSA) is 38.7 Å². The number of aliphatic imine (C=N–C) groups is 1. The summed E-state index contributed by atoms with van der Waals surface area (Å²) in [5.74, 6) is 0.298. The number of carbonyl (C=O) groups is 1. The summed E-state index contributed by atoms with van der Waals surface area (Å²) in [7, 11) is 0. The normalized spacial score (nSPS) is 22.8. The van der Waals surface area contributed by atoms with E-state index in [0.29, 0.717) is 12.3 Å². The van der Waals surface area contributed by atoms with Gasteiger partial charge in [0.1, 0.15) is 0 Å². The van der Waals surface area contributed by atoms with Crippen molar-refractivity contribution in [3.63, 3.8) is 0 Å². The molecule has 0 radical (unpaired) electrons. The predicted molar refractivity (Wildman–Crippen MR) is 71.3 cm³/mol. The Morgan fingerprint density at radius 1 is 1.39 bits per heavy atom. The van der Waals surface area contributed by atoms with Crippen molar-refractivity contribution in [1.82, 2.24) is 0 Å². The molecular formula is C15H17NO2. The first-order valence-corrected chi connectivity index (χ1v) is 6.08. The SMILES string of the molecule is C=CCC1(c2ccccc2)N=C(C(C)C)OC1=O. The molecule has 0 N–H and O–H groups in total. The maximum Gasteiger partial charge on any atom is 0.345 e. The molecule has 0 spiro atoms. The molecule has 18 heavy (non-hydrogen) atoms. The lowest BCUT2D eigenvalue weighted by Crippen LogP contribution is -2.30. The van der Waals surface area contributed by atoms with E-state index in [-0.39, 0.29) is 11.9 Å². The minimum atomic E-state index is -0.942. The van der Waals surface area contributed by atoms with Crippen molar-refractivity contribution in [2.24, 2.45) is 10.9 Å². The summed E-state index contributed by atoms with van der Waals surface area (Å²) < 4.78 is 5.31. The summed E-state index contributed by atoms with van der Waals surface area (Å²) in [6, 6.07) is 9.51. The second-order valence-corrected chi connectivity index (χ2v) is 4.71. The number of hydrogen-bond donors (Lipinski definition) is 0. The maximum absolute atomic E-state index is 12.2. The summed E-state index contributed by atoms with van der Waals surface area (Å²) in [5, 5.41) is 0. The van der Waals surface area contributed by atoms with Gasteiger partial charge in [-0.3, -0.25) is 0 Å². The van der Waals surface area contributed by atoms with Crippen molar-refractivity contribution >= 4 is 11.9 Å². The van der Waals surface area contributed by atoms with Gasteiger partial charge in [-0.05, 0) is 5.56 Å². The first-order chi connectivity index (χ1) is 8.60. The standard InChI is InChI=1S/C15H17NO2/c1-4-10-15(12-8-6-5-7-9-12)14(17)18-13(16-15)11(2)3/h4-9,11H,1,10H2,2-3H3. The molecule has 1 unspecified atom stereocenters. The highest BCUT2D eigenvalue weighted by atomic mass is 16.6. The lowest BCUT2D eigenvalue weighted by Gasteiger charge is -2.20. The van der Waals surface area contributed by atoms with Crippen molar-refractivity contribution in [1.29, 1.82) is 0 Å². The molecule has 2 rings (SSSR count). The largest absolute Gasteiger partial charge is 0.410 e. The smallest absolute Gasteiger partial charge is 0.345 e. The van der Waals surface area contributed by atoms with Crippen LogP contribution in [-0.2, 0) is 15.1 Å². The summed E-state index contributed by atoms with van der Waals surface area (Å²) in [6.45, 7) is 7.64. The van der Waals surface area contributed by atoms with E-state index >= 15 is 0 Å². The molecular weight excluding hydrogens is 226 g/mol. The summed E-state index contributed by atoms with van der Waals surface area (Å²) in [6.07, 6.45) is 2.16. The van der Waals surface area contributed by atoms with Gasteiger partial charge in [0.15, 0.2) is 11.4 Å². The van der Waals surface area contributed by atoms with E-state index in [0.717, 1.165) is 5.56 Å². The number of benzene rings is 1. The molecule has 3 heteroatoms. The van der Waals surface area contributed by atoms with E-state index in [1.54, 1.807) is 6.08 Å². The number of cyclic esters (lactones) is 1. The van der Waals surface area contributed by atoms with E-state index in [9.17, 15) is 4.79 Å². The monoisotopic (exact) mass is 243 g/mol. The van der Waals surface area contributed by atoms with E-state index in [2.05, 4.69) is 11.6 Å². The van der Waals surface area contributed by atoms with Gasteiger partial charge in [-0.25, -0.2) is 9.79 Å². The lowest BCUT2D eigenvalue weighted by atomic mass is 9.87. The van der Waals surface area contributed by atoms with Crippen molar-refractivity contribution in [2.75, 3.05) is 0 Å². The summed E-state index contributed by atoms with van der Waals surface area (Å²) in [4.78, 5) is 16.8. The quantitative estimate of drug-likeness (QED) is 0.602. The van der Waals surface area contributed by atoms with E-state index < -0.39 is 5.54 Å². The molecule has 0 amide bonds. The van der Waals surface area contributed by atoms with Gasteiger partial charge in [0, 0.05) is 12.3 Å². The number of hydrogen-bond acceptors (Lipinski definition) is 3. The van der Waals surface area contributed by atoms with Gasteiger partial charge in [-0.1, -0.05) is 50.3 Å². The molecule has 1 aromatic rings. The van der Waals surface area contributed by atoms with Gasteiger partial charge in [0.25, 0.3) is 0 Å². The fraction of sp³-hybridized carbons (Fsp3) is 0.333. The third-order valence-electron chi connectivity index (χ3n) is 3.02. The number of rotatable bonds is 4. The Hall–Kier alpha value is -1.90. The van der Waals surface area contributed by atoms with Gasteiger partial charge in [0.2, 0.25) is 0 Å². The number of nitrogens with zero attached hydrogens (tertiary/aromatic N) is 1. The zero-order chi connectivity index (χ0) is 13.2. The molecule has 1 aliphatic rings. The van der Waals surface area contributed by atoms with Crippen LogP contribution >= 0.6 is 0 Å². The Bertz CT molecular complexity index is 490. The average Bonchev–Trinajstić information content (AvgIpc) is 2.70. The van der Waals surface area contributed by atoms with Gasteiger partial charge in [-0.2, -0.15) is 0 Å². The molecule has 0 bridgehead atoms. The fourth-order valence-electron chi connectivity index (χ4n) is 2.03. The molecule has 1 aromatic carbocycles. The Kier molecular flexibility index (Phi) is 3.32. The fourth-order valence-corrected chi connectivity index (χ4v) is 2.03. The highest BCUT2D eigenvalue weighted by Gasteiger charge is 2.46. The minimum Gasteiger partial charge on any atom is -0.410 e. The number of carbonyl (C=O) groups excluding carboxylic acids is 1. The zero-order valence-electron chi connectivity index (χ0n) is 10.7. The summed E-state index contributed by atoms with van der Waals surface area (Å²) >= 11 is 0. The van der Waals surface area contributed by atoms with Crippen LogP contribution in [0.4, 0.5) is 0 Å². The van der Waals surface area contributed by atoms with Crippen LogP contribution in [0.15, 0.2) is 48.0 Å². The molecule has 0 saturated carbocycles. The molecule has 1 atom stereocenters. The lowest BCUT2D eigenvalue weighted by molar-refractivity contribution is -0.139. The molecule has 3 nitrogen and oxygen atoms in total. The first-order valence-electron chi connectivity index (χ1n) is 6.08. The Balaban J connectivity index is 2.51. The van der Waals surface area contributed by atoms with Gasteiger partial charge < -0.3 is 4.74 Å². The highest BCUT2D eigenvalue weighted by Crippen LogP contribution is 2.36. The van der Waals surface area contributed by atoms with Crippen molar-refractivity contribution in [3.05, 3.63) is 48.6 Å². The highest BCUT2D eigenvalue weighted by molar-refractivity contribution is 6.01. The molecule has 1 aliphatic heterocycles. The molecule has 94 valence electrons. The van der Waals surface area contributed by atoms with E-state index in [4.69, 9.17) is 4.74 Å². The third-order valence-corrected chi connectivity index (χ3v) is 3.02. The molecule has 0 fully saturated rings. The van der Waals surface area contributed by atoms with Crippen LogP contribution in [0.3, 0.4) is 0 Å². The number of ether oxygens (including phenoxy) is 1. The zero-order valence-corrected chi connectivity index (χ0v) is 10.7. The average molecular weight is 243 g/mol. The van der Waals surface area contributed by atoms with Crippen LogP contribution in [0.2, 0.25) is 0 Å². The van der Waals surface area contributed by atoms with Crippen LogP contribution < -0.4 is 0 Å². The van der Waals surface area contributed by atoms with E-state index in [1.165, 1.54) is 0 Å². The molecule has 0 aliphatic carbocycles. The van der Waals surface area contributed by atoms with Gasteiger partial charge >= 0.3 is 5.97 Å². The third kappa shape index (κ3) is 1.96. The van der Waals surface area contributed by atoms with Crippen molar-refractivity contribution in [2.45, 2.75) is 25.8 Å². The van der Waals surface area contributed by atoms with Crippen molar-refractivity contribution in [3.8, 4) is 0 Å². The van der Waals surface area contributed by atoms with Crippen LogP contribution in [0.5, 0.6) is 0 Å². The van der Waals surface area contributed by atoms with Gasteiger partial charge in [0.05, 0.1) is 0 Å². The van der Waals surface area contributed by atoms with Crippen LogP contribution in [0.25, 0.3) is 0 Å². The van der Waals surface area contributed by atoms with Crippen molar-refractivity contribution < 1.29 is 9.53 Å². The van der Waals surface area contributed by atoms with E-state index in [1.807, 2.05) is 44.2 Å². The van der Waals surface area contributed by atoms with Crippen LogP contribution in [0, 0.1) is 5.92 Å². The van der Waals surface area contributed by atoms with Crippen LogP contribution in [0.1, 0.15) is 25.8 Å². The Morgan fingerprint density at radius 2 is 2.06 bits per heavy atom. The Labute approximate surface area is 107 Å².